The van der Waals surface area contributed by atoms with Gasteiger partial charge in [0.2, 0.25) is 0 Å². The van der Waals surface area contributed by atoms with Gasteiger partial charge in [-0.1, -0.05) is 6.07 Å². The lowest BCUT2D eigenvalue weighted by atomic mass is 10.1. The minimum atomic E-state index is 0. The molecule has 5 heteroatoms. The fourth-order valence-electron chi connectivity index (χ4n) is 2.63. The number of rotatable bonds is 6. The van der Waals surface area contributed by atoms with Crippen LogP contribution in [0.3, 0.4) is 0 Å². The second-order valence-corrected chi connectivity index (χ2v) is 6.19. The maximum absolute atomic E-state index is 5.96. The van der Waals surface area contributed by atoms with Crippen LogP contribution in [-0.4, -0.2) is 36.0 Å². The van der Waals surface area contributed by atoms with Gasteiger partial charge in [0, 0.05) is 24.3 Å². The van der Waals surface area contributed by atoms with Gasteiger partial charge < -0.3 is 11.1 Å². The van der Waals surface area contributed by atoms with Gasteiger partial charge in [0.25, 0.3) is 0 Å². The van der Waals surface area contributed by atoms with Crippen molar-refractivity contribution in [2.24, 2.45) is 10.7 Å². The van der Waals surface area contributed by atoms with Crippen LogP contribution >= 0.6 is 24.0 Å². The molecule has 0 amide bonds. The van der Waals surface area contributed by atoms with Crippen LogP contribution in [0.1, 0.15) is 38.8 Å². The molecule has 4 nitrogen and oxygen atoms in total. The third kappa shape index (κ3) is 7.45. The fraction of sp³-hybridized carbons (Fsp3) is 0.588. The minimum absolute atomic E-state index is 0. The minimum Gasteiger partial charge on any atom is -0.370 e. The van der Waals surface area contributed by atoms with Crippen molar-refractivity contribution in [2.45, 2.75) is 53.6 Å². The van der Waals surface area contributed by atoms with Crippen molar-refractivity contribution in [3.05, 3.63) is 29.3 Å². The van der Waals surface area contributed by atoms with E-state index in [1.165, 1.54) is 11.1 Å². The van der Waals surface area contributed by atoms with E-state index in [4.69, 9.17) is 5.73 Å². The van der Waals surface area contributed by atoms with E-state index in [-0.39, 0.29) is 24.0 Å². The predicted molar refractivity (Wildman–Crippen MR) is 108 cm³/mol. The zero-order chi connectivity index (χ0) is 16.0. The highest BCUT2D eigenvalue weighted by atomic mass is 127. The number of aliphatic imine (C=N–C) groups is 1. The predicted octanol–water partition coefficient (Wildman–Crippen LogP) is 3.77. The SMILES string of the molecule is Cc1cc(C)cc(NC(N)=NCCN(C(C)C)C(C)C)c1.I. The monoisotopic (exact) mass is 418 g/mol. The lowest BCUT2D eigenvalue weighted by Crippen LogP contribution is -2.39. The molecule has 1 aromatic rings. The van der Waals surface area contributed by atoms with Gasteiger partial charge in [-0.3, -0.25) is 9.89 Å². The third-order valence-electron chi connectivity index (χ3n) is 3.46. The first-order valence-corrected chi connectivity index (χ1v) is 7.70. The van der Waals surface area contributed by atoms with Crippen LogP contribution in [0.5, 0.6) is 0 Å². The first-order chi connectivity index (χ1) is 9.79. The number of halogens is 1. The number of nitrogens with one attached hydrogen (secondary N) is 1. The van der Waals surface area contributed by atoms with Crippen molar-refractivity contribution in [2.75, 3.05) is 18.4 Å². The molecule has 0 aromatic heterocycles. The summed E-state index contributed by atoms with van der Waals surface area (Å²) in [6, 6.07) is 7.33. The summed E-state index contributed by atoms with van der Waals surface area (Å²) in [6.45, 7) is 14.6. The summed E-state index contributed by atoms with van der Waals surface area (Å²) in [5, 5.41) is 3.16. The quantitative estimate of drug-likeness (QED) is 0.420. The van der Waals surface area contributed by atoms with Crippen molar-refractivity contribution in [1.29, 1.82) is 0 Å². The molecule has 0 radical (unpaired) electrons. The average molecular weight is 418 g/mol. The van der Waals surface area contributed by atoms with E-state index in [9.17, 15) is 0 Å². The Morgan fingerprint density at radius 1 is 1.09 bits per heavy atom. The highest BCUT2D eigenvalue weighted by molar-refractivity contribution is 14.0. The van der Waals surface area contributed by atoms with Crippen molar-refractivity contribution >= 4 is 35.6 Å². The highest BCUT2D eigenvalue weighted by Crippen LogP contribution is 2.13. The van der Waals surface area contributed by atoms with Crippen molar-refractivity contribution < 1.29 is 0 Å². The smallest absolute Gasteiger partial charge is 0.193 e. The number of aryl methyl sites for hydroxylation is 2. The molecule has 0 fully saturated rings. The Labute approximate surface area is 152 Å². The molecule has 1 rings (SSSR count). The van der Waals surface area contributed by atoms with Gasteiger partial charge >= 0.3 is 0 Å². The number of nitrogens with zero attached hydrogens (tertiary/aromatic N) is 2. The van der Waals surface area contributed by atoms with Gasteiger partial charge in [-0.05, 0) is 64.8 Å². The van der Waals surface area contributed by atoms with Crippen molar-refractivity contribution in [3.63, 3.8) is 0 Å². The highest BCUT2D eigenvalue weighted by Gasteiger charge is 2.12. The zero-order valence-electron chi connectivity index (χ0n) is 14.7. The van der Waals surface area contributed by atoms with Gasteiger partial charge in [0.15, 0.2) is 5.96 Å². The lowest BCUT2D eigenvalue weighted by Gasteiger charge is -2.29. The van der Waals surface area contributed by atoms with E-state index in [1.807, 2.05) is 0 Å². The number of benzene rings is 1. The summed E-state index contributed by atoms with van der Waals surface area (Å²) in [6.07, 6.45) is 0. The zero-order valence-corrected chi connectivity index (χ0v) is 17.0. The first-order valence-electron chi connectivity index (χ1n) is 7.70. The van der Waals surface area contributed by atoms with E-state index in [2.05, 4.69) is 75.0 Å². The van der Waals surface area contributed by atoms with E-state index in [1.54, 1.807) is 0 Å². The van der Waals surface area contributed by atoms with Crippen molar-refractivity contribution in [3.8, 4) is 0 Å². The van der Waals surface area contributed by atoms with Gasteiger partial charge in [-0.15, -0.1) is 24.0 Å². The topological polar surface area (TPSA) is 53.6 Å². The molecule has 0 bridgehead atoms. The van der Waals surface area contributed by atoms with Crippen LogP contribution in [-0.2, 0) is 0 Å². The Hall–Kier alpha value is -0.820. The Morgan fingerprint density at radius 3 is 2.05 bits per heavy atom. The first kappa shape index (κ1) is 21.2. The van der Waals surface area contributed by atoms with E-state index >= 15 is 0 Å². The van der Waals surface area contributed by atoms with Crippen LogP contribution in [0, 0.1) is 13.8 Å². The Morgan fingerprint density at radius 2 is 1.59 bits per heavy atom. The fourth-order valence-corrected chi connectivity index (χ4v) is 2.63. The maximum atomic E-state index is 5.96. The van der Waals surface area contributed by atoms with Gasteiger partial charge in [-0.2, -0.15) is 0 Å². The molecule has 1 aromatic carbocycles. The Bertz CT molecular complexity index is 455. The van der Waals surface area contributed by atoms with Crippen LogP contribution < -0.4 is 11.1 Å². The average Bonchev–Trinajstić information content (AvgIpc) is 2.32. The number of nitrogens with two attached hydrogens (primary N) is 1. The third-order valence-corrected chi connectivity index (χ3v) is 3.46. The molecular weight excluding hydrogens is 387 g/mol. The molecule has 0 aliphatic rings. The summed E-state index contributed by atoms with van der Waals surface area (Å²) in [4.78, 5) is 6.84. The molecule has 0 aliphatic carbocycles. The molecule has 0 aliphatic heterocycles. The standard InChI is InChI=1S/C17H30N4.HI/c1-12(2)21(13(3)4)8-7-19-17(18)20-16-10-14(5)9-15(6)11-16;/h9-13H,7-8H2,1-6H3,(H3,18,19,20);1H. The molecular formula is C17H31IN4. The summed E-state index contributed by atoms with van der Waals surface area (Å²) < 4.78 is 0. The molecule has 0 heterocycles. The van der Waals surface area contributed by atoms with Crippen LogP contribution in [0.2, 0.25) is 0 Å². The molecule has 0 saturated heterocycles. The molecule has 0 atom stereocenters. The Balaban J connectivity index is 0.00000441. The molecule has 22 heavy (non-hydrogen) atoms. The molecule has 0 unspecified atom stereocenters. The number of hydrogen-bond acceptors (Lipinski definition) is 2. The van der Waals surface area contributed by atoms with Crippen LogP contribution in [0.25, 0.3) is 0 Å². The largest absolute Gasteiger partial charge is 0.370 e. The van der Waals surface area contributed by atoms with Gasteiger partial charge in [-0.25, -0.2) is 0 Å². The van der Waals surface area contributed by atoms with Crippen LogP contribution in [0.15, 0.2) is 23.2 Å². The van der Waals surface area contributed by atoms with Gasteiger partial charge in [0.1, 0.15) is 0 Å². The second-order valence-electron chi connectivity index (χ2n) is 6.19. The van der Waals surface area contributed by atoms with E-state index < -0.39 is 0 Å². The molecule has 126 valence electrons. The summed E-state index contributed by atoms with van der Waals surface area (Å²) in [7, 11) is 0. The molecule has 0 spiro atoms. The summed E-state index contributed by atoms with van der Waals surface area (Å²) in [5.74, 6) is 0.479. The molecule has 0 saturated carbocycles. The second kappa shape index (κ2) is 10.0. The number of hydrogen-bond donors (Lipinski definition) is 2. The summed E-state index contributed by atoms with van der Waals surface area (Å²) >= 11 is 0. The van der Waals surface area contributed by atoms with Crippen LogP contribution in [0.4, 0.5) is 5.69 Å². The molecule has 3 N–H and O–H groups in total. The maximum Gasteiger partial charge on any atom is 0.193 e. The van der Waals surface area contributed by atoms with Gasteiger partial charge in [0.05, 0.1) is 6.54 Å². The lowest BCUT2D eigenvalue weighted by molar-refractivity contribution is 0.181. The van der Waals surface area contributed by atoms with E-state index in [0.29, 0.717) is 24.6 Å². The number of anilines is 1. The van der Waals surface area contributed by atoms with E-state index in [0.717, 1.165) is 12.2 Å². The van der Waals surface area contributed by atoms with Crippen molar-refractivity contribution in [1.82, 2.24) is 4.90 Å². The number of guanidine groups is 1. The Kier molecular flexibility index (Phi) is 9.67. The normalized spacial score (nSPS) is 12.0. The summed E-state index contributed by atoms with van der Waals surface area (Å²) in [5.41, 5.74) is 9.40.